The summed E-state index contributed by atoms with van der Waals surface area (Å²) in [7, 11) is 4.28. The standard InChI is InChI=1S/C24H35F2N9/c1-5-6-19(20(25)26)30-24-31-21(27)23-29-14-18(35(23)32-24)12-16-11-15(2)22(28-13-16)34-9-7-17(8-10-34)33(3)4/h11,13-14,17,19-20H,5-10,12H2,1-4H3,(H3,27,30,31,32)/t19-/m1/s1. The van der Waals surface area contributed by atoms with Gasteiger partial charge in [0.05, 0.1) is 17.9 Å². The molecule has 0 unspecified atom stereocenters. The minimum Gasteiger partial charge on any atom is -0.380 e. The Morgan fingerprint density at radius 2 is 1.94 bits per heavy atom. The van der Waals surface area contributed by atoms with Crippen LogP contribution in [0.5, 0.6) is 0 Å². The summed E-state index contributed by atoms with van der Waals surface area (Å²) in [4.78, 5) is 17.9. The van der Waals surface area contributed by atoms with E-state index in [1.165, 1.54) is 0 Å². The highest BCUT2D eigenvalue weighted by Crippen LogP contribution is 2.25. The Labute approximate surface area is 204 Å². The molecule has 0 bridgehead atoms. The van der Waals surface area contributed by atoms with Gasteiger partial charge in [-0.1, -0.05) is 19.4 Å². The average molecular weight is 488 g/mol. The molecule has 4 heterocycles. The number of halogens is 2. The molecule has 1 aliphatic heterocycles. The summed E-state index contributed by atoms with van der Waals surface area (Å²) in [5.74, 6) is 1.24. The van der Waals surface area contributed by atoms with Gasteiger partial charge in [-0.25, -0.2) is 23.3 Å². The Balaban J connectivity index is 1.52. The maximum atomic E-state index is 13.4. The number of nitrogen functional groups attached to an aromatic ring is 1. The van der Waals surface area contributed by atoms with Gasteiger partial charge >= 0.3 is 0 Å². The third-order valence-electron chi connectivity index (χ3n) is 6.66. The molecule has 0 spiro atoms. The van der Waals surface area contributed by atoms with Crippen molar-refractivity contribution in [1.82, 2.24) is 29.5 Å². The average Bonchev–Trinajstić information content (AvgIpc) is 3.22. The van der Waals surface area contributed by atoms with Gasteiger partial charge in [0.15, 0.2) is 11.5 Å². The second-order valence-electron chi connectivity index (χ2n) is 9.52. The summed E-state index contributed by atoms with van der Waals surface area (Å²) in [5.41, 5.74) is 9.38. The van der Waals surface area contributed by atoms with Crippen LogP contribution in [0.1, 0.15) is 49.4 Å². The van der Waals surface area contributed by atoms with Gasteiger partial charge in [0.2, 0.25) is 5.95 Å². The van der Waals surface area contributed by atoms with E-state index in [0.717, 1.165) is 48.6 Å². The first kappa shape index (κ1) is 25.0. The number of hydrogen-bond acceptors (Lipinski definition) is 8. The highest BCUT2D eigenvalue weighted by molar-refractivity contribution is 5.61. The van der Waals surface area contributed by atoms with Crippen LogP contribution in [0, 0.1) is 6.92 Å². The van der Waals surface area contributed by atoms with Crippen LogP contribution in [-0.4, -0.2) is 75.2 Å². The number of aryl methyl sites for hydroxylation is 1. The van der Waals surface area contributed by atoms with Crippen LogP contribution in [0.25, 0.3) is 5.65 Å². The number of nitrogens with one attached hydrogen (secondary N) is 1. The Kier molecular flexibility index (Phi) is 7.63. The number of imidazole rings is 1. The van der Waals surface area contributed by atoms with Gasteiger partial charge in [0, 0.05) is 31.7 Å². The van der Waals surface area contributed by atoms with Gasteiger partial charge in [0.25, 0.3) is 6.43 Å². The summed E-state index contributed by atoms with van der Waals surface area (Å²) in [6, 6.07) is 1.72. The number of piperidine rings is 1. The van der Waals surface area contributed by atoms with Crippen LogP contribution in [-0.2, 0) is 6.42 Å². The molecular weight excluding hydrogens is 452 g/mol. The predicted molar refractivity (Wildman–Crippen MR) is 134 cm³/mol. The number of fused-ring (bicyclic) bond motifs is 1. The lowest BCUT2D eigenvalue weighted by atomic mass is 10.0. The fraction of sp³-hybridized carbons (Fsp3) is 0.583. The quantitative estimate of drug-likeness (QED) is 0.474. The Bertz CT molecular complexity index is 1140. The summed E-state index contributed by atoms with van der Waals surface area (Å²) >= 11 is 0. The van der Waals surface area contributed by atoms with Crippen molar-refractivity contribution in [3.05, 3.63) is 35.3 Å². The molecule has 0 radical (unpaired) electrons. The zero-order valence-electron chi connectivity index (χ0n) is 20.9. The summed E-state index contributed by atoms with van der Waals surface area (Å²) in [6.45, 7) is 5.93. The maximum Gasteiger partial charge on any atom is 0.258 e. The third-order valence-corrected chi connectivity index (χ3v) is 6.66. The second kappa shape index (κ2) is 10.7. The zero-order chi connectivity index (χ0) is 25.1. The molecule has 1 fully saturated rings. The van der Waals surface area contributed by atoms with E-state index in [1.54, 1.807) is 10.7 Å². The molecule has 1 saturated heterocycles. The van der Waals surface area contributed by atoms with E-state index in [4.69, 9.17) is 10.7 Å². The fourth-order valence-corrected chi connectivity index (χ4v) is 4.72. The fourth-order valence-electron chi connectivity index (χ4n) is 4.72. The van der Waals surface area contributed by atoms with Gasteiger partial charge in [-0.15, -0.1) is 5.10 Å². The van der Waals surface area contributed by atoms with Crippen LogP contribution in [0.15, 0.2) is 18.5 Å². The number of pyridine rings is 1. The zero-order valence-corrected chi connectivity index (χ0v) is 20.9. The van der Waals surface area contributed by atoms with E-state index in [9.17, 15) is 8.78 Å². The predicted octanol–water partition coefficient (Wildman–Crippen LogP) is 3.38. The monoisotopic (exact) mass is 487 g/mol. The number of alkyl halides is 2. The third kappa shape index (κ3) is 5.61. The molecule has 1 atom stereocenters. The molecule has 11 heteroatoms. The molecule has 3 N–H and O–H groups in total. The molecule has 9 nitrogen and oxygen atoms in total. The minimum absolute atomic E-state index is 0.0683. The molecule has 3 aromatic rings. The molecule has 1 aliphatic rings. The van der Waals surface area contributed by atoms with Crippen molar-refractivity contribution in [2.75, 3.05) is 43.1 Å². The lowest BCUT2D eigenvalue weighted by Crippen LogP contribution is -2.42. The van der Waals surface area contributed by atoms with E-state index in [0.29, 0.717) is 31.0 Å². The van der Waals surface area contributed by atoms with Crippen LogP contribution in [0.3, 0.4) is 0 Å². The molecule has 0 amide bonds. The van der Waals surface area contributed by atoms with E-state index < -0.39 is 12.5 Å². The largest absolute Gasteiger partial charge is 0.380 e. The molecular formula is C24H35F2N9. The van der Waals surface area contributed by atoms with Gasteiger partial charge in [0.1, 0.15) is 5.82 Å². The minimum atomic E-state index is -2.53. The van der Waals surface area contributed by atoms with Gasteiger partial charge < -0.3 is 20.9 Å². The molecule has 0 aliphatic carbocycles. The van der Waals surface area contributed by atoms with E-state index in [1.807, 2.05) is 13.1 Å². The van der Waals surface area contributed by atoms with E-state index in [-0.39, 0.29) is 11.8 Å². The number of nitrogens with zero attached hydrogens (tertiary/aromatic N) is 7. The number of aromatic nitrogens is 5. The number of hydrogen-bond donors (Lipinski definition) is 2. The number of nitrogens with two attached hydrogens (primary N) is 1. The number of anilines is 3. The van der Waals surface area contributed by atoms with Crippen molar-refractivity contribution in [2.45, 2.75) is 64.5 Å². The van der Waals surface area contributed by atoms with Crippen molar-refractivity contribution in [3.8, 4) is 0 Å². The van der Waals surface area contributed by atoms with Crippen LogP contribution in [0.4, 0.5) is 26.4 Å². The Morgan fingerprint density at radius 3 is 2.57 bits per heavy atom. The van der Waals surface area contributed by atoms with Crippen molar-refractivity contribution < 1.29 is 8.78 Å². The van der Waals surface area contributed by atoms with Crippen molar-refractivity contribution in [3.63, 3.8) is 0 Å². The lowest BCUT2D eigenvalue weighted by Gasteiger charge is -2.36. The summed E-state index contributed by atoms with van der Waals surface area (Å²) in [5, 5.41) is 7.15. The van der Waals surface area contributed by atoms with Crippen LogP contribution >= 0.6 is 0 Å². The molecule has 190 valence electrons. The van der Waals surface area contributed by atoms with Crippen molar-refractivity contribution in [2.24, 2.45) is 0 Å². The van der Waals surface area contributed by atoms with E-state index in [2.05, 4.69) is 57.3 Å². The summed E-state index contributed by atoms with van der Waals surface area (Å²) < 4.78 is 28.3. The lowest BCUT2D eigenvalue weighted by molar-refractivity contribution is 0.119. The van der Waals surface area contributed by atoms with Gasteiger partial charge in [-0.05, 0) is 51.4 Å². The SMILES string of the molecule is CCC[C@@H](Nc1nc(N)c2ncc(Cc3cnc(N4CCC(N(C)C)CC4)c(C)c3)n2n1)C(F)F. The van der Waals surface area contributed by atoms with Crippen molar-refractivity contribution >= 4 is 23.2 Å². The molecule has 4 rings (SSSR count). The first-order chi connectivity index (χ1) is 16.8. The van der Waals surface area contributed by atoms with Crippen molar-refractivity contribution in [1.29, 1.82) is 0 Å². The van der Waals surface area contributed by atoms with Gasteiger partial charge in [-0.2, -0.15) is 4.98 Å². The normalized spacial score (nSPS) is 15.9. The first-order valence-corrected chi connectivity index (χ1v) is 12.2. The summed E-state index contributed by atoms with van der Waals surface area (Å²) in [6.07, 6.45) is 4.75. The molecule has 3 aromatic heterocycles. The van der Waals surface area contributed by atoms with Gasteiger partial charge in [-0.3, -0.25) is 0 Å². The van der Waals surface area contributed by atoms with Crippen LogP contribution < -0.4 is 16.0 Å². The van der Waals surface area contributed by atoms with E-state index >= 15 is 0 Å². The highest BCUT2D eigenvalue weighted by Gasteiger charge is 2.23. The topological polar surface area (TPSA) is 100 Å². The number of rotatable bonds is 9. The smallest absolute Gasteiger partial charge is 0.258 e. The van der Waals surface area contributed by atoms with Crippen LogP contribution in [0.2, 0.25) is 0 Å². The molecule has 0 saturated carbocycles. The second-order valence-corrected chi connectivity index (χ2v) is 9.52. The molecule has 35 heavy (non-hydrogen) atoms. The Morgan fingerprint density at radius 1 is 1.20 bits per heavy atom. The first-order valence-electron chi connectivity index (χ1n) is 12.2. The Hall–Kier alpha value is -3.08. The highest BCUT2D eigenvalue weighted by atomic mass is 19.3. The maximum absolute atomic E-state index is 13.4. The molecule has 0 aromatic carbocycles.